The van der Waals surface area contributed by atoms with Gasteiger partial charge in [0.05, 0.1) is 11.8 Å². The molecule has 0 unspecified atom stereocenters. The summed E-state index contributed by atoms with van der Waals surface area (Å²) in [7, 11) is 0. The molecule has 0 saturated heterocycles. The molecule has 28 heavy (non-hydrogen) atoms. The van der Waals surface area contributed by atoms with Crippen LogP contribution in [0, 0.1) is 5.82 Å². The highest BCUT2D eigenvalue weighted by Gasteiger charge is 2.41. The highest BCUT2D eigenvalue weighted by Crippen LogP contribution is 2.48. The van der Waals surface area contributed by atoms with Gasteiger partial charge in [-0.3, -0.25) is 0 Å². The molecule has 2 aliphatic rings. The molecule has 3 aromatic rings. The maximum atomic E-state index is 13.3. The van der Waals surface area contributed by atoms with E-state index in [1.165, 1.54) is 12.1 Å². The number of hydrogen-bond acceptors (Lipinski definition) is 3. The van der Waals surface area contributed by atoms with Crippen molar-refractivity contribution in [3.63, 3.8) is 0 Å². The normalized spacial score (nSPS) is 20.2. The number of rotatable bonds is 2. The second-order valence-electron chi connectivity index (χ2n) is 6.86. The number of benzene rings is 3. The first-order valence-electron chi connectivity index (χ1n) is 8.92. The zero-order valence-corrected chi connectivity index (χ0v) is 16.2. The summed E-state index contributed by atoms with van der Waals surface area (Å²) in [6, 6.07) is 19.6. The summed E-state index contributed by atoms with van der Waals surface area (Å²) < 4.78 is 19.6. The molecule has 0 radical (unpaired) electrons. The van der Waals surface area contributed by atoms with Crippen molar-refractivity contribution in [1.29, 1.82) is 0 Å². The molecule has 0 bridgehead atoms. The predicted molar refractivity (Wildman–Crippen MR) is 108 cm³/mol. The van der Waals surface area contributed by atoms with E-state index < -0.39 is 0 Å². The Morgan fingerprint density at radius 1 is 0.929 bits per heavy atom. The molecule has 3 nitrogen and oxygen atoms in total. The number of hydrogen-bond donors (Lipinski definition) is 0. The van der Waals surface area contributed by atoms with Crippen LogP contribution < -0.4 is 4.74 Å². The molecule has 0 aliphatic carbocycles. The molecule has 0 fully saturated rings. The van der Waals surface area contributed by atoms with Crippen LogP contribution in [0.3, 0.4) is 0 Å². The van der Waals surface area contributed by atoms with Crippen LogP contribution in [0.25, 0.3) is 0 Å². The number of fused-ring (bicyclic) bond motifs is 3. The lowest BCUT2D eigenvalue weighted by atomic mass is 9.96. The summed E-state index contributed by atoms with van der Waals surface area (Å²) in [6.45, 7) is 0. The number of nitrogens with zero attached hydrogens (tertiary/aromatic N) is 2. The van der Waals surface area contributed by atoms with Crippen LogP contribution in [-0.2, 0) is 0 Å². The zero-order chi connectivity index (χ0) is 19.3. The van der Waals surface area contributed by atoms with E-state index in [0.717, 1.165) is 28.2 Å². The van der Waals surface area contributed by atoms with E-state index in [9.17, 15) is 4.39 Å². The van der Waals surface area contributed by atoms with Crippen LogP contribution in [0.1, 0.15) is 35.4 Å². The molecule has 2 atom stereocenters. The molecule has 0 aromatic heterocycles. The Balaban J connectivity index is 1.59. The molecule has 2 aliphatic heterocycles. The van der Waals surface area contributed by atoms with Crippen LogP contribution in [-0.4, -0.2) is 10.7 Å². The van der Waals surface area contributed by atoms with Gasteiger partial charge in [-0.05, 0) is 48.0 Å². The van der Waals surface area contributed by atoms with Gasteiger partial charge in [-0.15, -0.1) is 0 Å². The second-order valence-corrected chi connectivity index (χ2v) is 7.73. The van der Waals surface area contributed by atoms with Crippen molar-refractivity contribution in [3.8, 4) is 5.75 Å². The molecule has 3 aromatic carbocycles. The molecule has 140 valence electrons. The quantitative estimate of drug-likeness (QED) is 0.487. The van der Waals surface area contributed by atoms with Crippen molar-refractivity contribution < 1.29 is 9.13 Å². The molecule has 6 heteroatoms. The van der Waals surface area contributed by atoms with Gasteiger partial charge < -0.3 is 4.74 Å². The van der Waals surface area contributed by atoms with Crippen LogP contribution in [0.2, 0.25) is 10.0 Å². The number of ether oxygens (including phenoxy) is 1. The third-order valence-electron chi connectivity index (χ3n) is 5.08. The fourth-order valence-electron chi connectivity index (χ4n) is 3.72. The van der Waals surface area contributed by atoms with Crippen molar-refractivity contribution in [1.82, 2.24) is 5.01 Å². The average Bonchev–Trinajstić information content (AvgIpc) is 3.14. The minimum atomic E-state index is -0.381. The summed E-state index contributed by atoms with van der Waals surface area (Å²) in [5.74, 6) is 0.528. The summed E-state index contributed by atoms with van der Waals surface area (Å²) >= 11 is 12.3. The fourth-order valence-corrected chi connectivity index (χ4v) is 4.03. The van der Waals surface area contributed by atoms with Gasteiger partial charge in [0, 0.05) is 27.6 Å². The monoisotopic (exact) mass is 412 g/mol. The first kappa shape index (κ1) is 17.5. The number of halogens is 3. The molecule has 2 heterocycles. The van der Waals surface area contributed by atoms with Gasteiger partial charge in [-0.1, -0.05) is 47.5 Å². The van der Waals surface area contributed by atoms with Crippen LogP contribution in [0.15, 0.2) is 71.8 Å². The maximum absolute atomic E-state index is 13.3. The molecular weight excluding hydrogens is 398 g/mol. The Hall–Kier alpha value is -2.56. The Morgan fingerprint density at radius 3 is 2.39 bits per heavy atom. The topological polar surface area (TPSA) is 24.8 Å². The van der Waals surface area contributed by atoms with Gasteiger partial charge >= 0.3 is 0 Å². The van der Waals surface area contributed by atoms with E-state index in [1.54, 1.807) is 12.1 Å². The Labute approximate surface area is 172 Å². The standard InChI is InChI=1S/C22H15Cl2FN2O/c23-15-5-1-14(2-6-15)22-27-20(18-11-16(24)7-10-21(18)28-22)12-19(26-27)13-3-8-17(25)9-4-13/h1-11,20,22H,12H2/t20-,22-/m1/s1. The largest absolute Gasteiger partial charge is 0.464 e. The minimum Gasteiger partial charge on any atom is -0.464 e. The summed E-state index contributed by atoms with van der Waals surface area (Å²) in [5.41, 5.74) is 3.74. The predicted octanol–water partition coefficient (Wildman–Crippen LogP) is 6.37. The SMILES string of the molecule is Fc1ccc(C2=NN3[C@H](C2)c2cc(Cl)ccc2O[C@@H]3c2ccc(Cl)cc2)cc1. The van der Waals surface area contributed by atoms with Crippen molar-refractivity contribution in [2.24, 2.45) is 5.10 Å². The van der Waals surface area contributed by atoms with E-state index >= 15 is 0 Å². The first-order valence-corrected chi connectivity index (χ1v) is 9.67. The lowest BCUT2D eigenvalue weighted by molar-refractivity contribution is -0.0190. The van der Waals surface area contributed by atoms with Crippen LogP contribution in [0.4, 0.5) is 4.39 Å². The summed E-state index contributed by atoms with van der Waals surface area (Å²) in [6.07, 6.45) is 0.306. The van der Waals surface area contributed by atoms with E-state index in [2.05, 4.69) is 0 Å². The smallest absolute Gasteiger partial charge is 0.213 e. The highest BCUT2D eigenvalue weighted by atomic mass is 35.5. The van der Waals surface area contributed by atoms with Crippen LogP contribution >= 0.6 is 23.2 Å². The van der Waals surface area contributed by atoms with E-state index in [-0.39, 0.29) is 18.1 Å². The van der Waals surface area contributed by atoms with Gasteiger partial charge in [0.1, 0.15) is 11.6 Å². The molecule has 0 amide bonds. The number of hydrazone groups is 1. The first-order chi connectivity index (χ1) is 13.6. The molecule has 0 N–H and O–H groups in total. The molecule has 5 rings (SSSR count). The third kappa shape index (κ3) is 3.03. The minimum absolute atomic E-state index is 0.0109. The lowest BCUT2D eigenvalue weighted by Gasteiger charge is -2.38. The Kier molecular flexibility index (Phi) is 4.26. The van der Waals surface area contributed by atoms with E-state index in [0.29, 0.717) is 16.5 Å². The van der Waals surface area contributed by atoms with Crippen molar-refractivity contribution in [2.45, 2.75) is 18.7 Å². The molecule has 0 spiro atoms. The maximum Gasteiger partial charge on any atom is 0.213 e. The van der Waals surface area contributed by atoms with Gasteiger partial charge in [0.2, 0.25) is 6.23 Å². The Bertz CT molecular complexity index is 1070. The summed E-state index contributed by atoms with van der Waals surface area (Å²) in [5, 5.41) is 8.13. The molecular formula is C22H15Cl2FN2O. The van der Waals surface area contributed by atoms with Crippen molar-refractivity contribution in [2.75, 3.05) is 0 Å². The van der Waals surface area contributed by atoms with Crippen molar-refractivity contribution in [3.05, 3.63) is 99.3 Å². The highest BCUT2D eigenvalue weighted by molar-refractivity contribution is 6.30. The van der Waals surface area contributed by atoms with E-state index in [4.69, 9.17) is 33.0 Å². The van der Waals surface area contributed by atoms with Gasteiger partial charge in [0.25, 0.3) is 0 Å². The fraction of sp³-hybridized carbons (Fsp3) is 0.136. The van der Waals surface area contributed by atoms with Gasteiger partial charge in [0.15, 0.2) is 0 Å². The molecule has 0 saturated carbocycles. The van der Waals surface area contributed by atoms with Crippen LogP contribution in [0.5, 0.6) is 5.75 Å². The lowest BCUT2D eigenvalue weighted by Crippen LogP contribution is -2.33. The Morgan fingerprint density at radius 2 is 1.64 bits per heavy atom. The van der Waals surface area contributed by atoms with E-state index in [1.807, 2.05) is 47.5 Å². The van der Waals surface area contributed by atoms with Crippen molar-refractivity contribution >= 4 is 28.9 Å². The van der Waals surface area contributed by atoms with Gasteiger partial charge in [-0.2, -0.15) is 5.10 Å². The zero-order valence-electron chi connectivity index (χ0n) is 14.6. The average molecular weight is 413 g/mol. The van der Waals surface area contributed by atoms with Gasteiger partial charge in [-0.25, -0.2) is 9.40 Å². The third-order valence-corrected chi connectivity index (χ3v) is 5.57. The second kappa shape index (κ2) is 6.80. The summed E-state index contributed by atoms with van der Waals surface area (Å²) in [4.78, 5) is 0.